The molecule has 0 fully saturated rings. The van der Waals surface area contributed by atoms with E-state index in [2.05, 4.69) is 61.6 Å². The highest BCUT2D eigenvalue weighted by atomic mass is 16.5. The minimum Gasteiger partial charge on any atom is -0.493 e. The summed E-state index contributed by atoms with van der Waals surface area (Å²) in [7, 11) is 1.68. The van der Waals surface area contributed by atoms with Gasteiger partial charge in [-0.3, -0.25) is 0 Å². The molecule has 3 nitrogen and oxygen atoms in total. The SMILES string of the molecule is COc1cccc(CN[C@H](C)c2ccccc2)c1OCc1ccccc1C. The van der Waals surface area contributed by atoms with Crippen molar-refractivity contribution in [2.24, 2.45) is 0 Å². The molecule has 0 unspecified atom stereocenters. The first-order chi connectivity index (χ1) is 13.2. The van der Waals surface area contributed by atoms with E-state index < -0.39 is 0 Å². The predicted molar refractivity (Wildman–Crippen MR) is 110 cm³/mol. The number of rotatable bonds is 8. The van der Waals surface area contributed by atoms with Gasteiger partial charge < -0.3 is 14.8 Å². The largest absolute Gasteiger partial charge is 0.493 e. The number of hydrogen-bond acceptors (Lipinski definition) is 3. The van der Waals surface area contributed by atoms with Crippen molar-refractivity contribution in [3.8, 4) is 11.5 Å². The van der Waals surface area contributed by atoms with Crippen molar-refractivity contribution in [3.63, 3.8) is 0 Å². The molecule has 27 heavy (non-hydrogen) atoms. The molecule has 0 aliphatic heterocycles. The van der Waals surface area contributed by atoms with E-state index in [1.165, 1.54) is 16.7 Å². The highest BCUT2D eigenvalue weighted by Gasteiger charge is 2.13. The van der Waals surface area contributed by atoms with Crippen LogP contribution in [0.25, 0.3) is 0 Å². The molecule has 0 amide bonds. The minimum absolute atomic E-state index is 0.251. The number of ether oxygens (including phenoxy) is 2. The van der Waals surface area contributed by atoms with Crippen molar-refractivity contribution in [1.82, 2.24) is 5.32 Å². The normalized spacial score (nSPS) is 11.8. The van der Waals surface area contributed by atoms with E-state index in [4.69, 9.17) is 9.47 Å². The van der Waals surface area contributed by atoms with Gasteiger partial charge in [-0.25, -0.2) is 0 Å². The molecule has 0 radical (unpaired) electrons. The zero-order valence-corrected chi connectivity index (χ0v) is 16.2. The van der Waals surface area contributed by atoms with Crippen LogP contribution in [-0.4, -0.2) is 7.11 Å². The molecule has 0 aliphatic carbocycles. The molecule has 3 aromatic rings. The Bertz CT molecular complexity index is 861. The quantitative estimate of drug-likeness (QED) is 0.580. The van der Waals surface area contributed by atoms with Crippen LogP contribution in [0.4, 0.5) is 0 Å². The highest BCUT2D eigenvalue weighted by molar-refractivity contribution is 5.47. The molecule has 1 atom stereocenters. The molecule has 1 N–H and O–H groups in total. The van der Waals surface area contributed by atoms with Crippen molar-refractivity contribution in [1.29, 1.82) is 0 Å². The Balaban J connectivity index is 1.74. The third-order valence-corrected chi connectivity index (χ3v) is 4.81. The summed E-state index contributed by atoms with van der Waals surface area (Å²) in [6.45, 7) is 5.50. The molecule has 3 heteroatoms. The average molecular weight is 361 g/mol. The summed E-state index contributed by atoms with van der Waals surface area (Å²) in [6, 6.07) is 25.0. The van der Waals surface area contributed by atoms with Crippen molar-refractivity contribution in [2.45, 2.75) is 33.0 Å². The van der Waals surface area contributed by atoms with Crippen LogP contribution in [0.3, 0.4) is 0 Å². The number of benzene rings is 3. The number of nitrogens with one attached hydrogen (secondary N) is 1. The Hall–Kier alpha value is -2.78. The molecule has 0 saturated carbocycles. The van der Waals surface area contributed by atoms with Gasteiger partial charge in [0.2, 0.25) is 0 Å². The smallest absolute Gasteiger partial charge is 0.166 e. The number of methoxy groups -OCH3 is 1. The third kappa shape index (κ3) is 4.89. The summed E-state index contributed by atoms with van der Waals surface area (Å²) in [5.41, 5.74) is 4.76. The van der Waals surface area contributed by atoms with E-state index in [1.807, 2.05) is 30.3 Å². The van der Waals surface area contributed by atoms with Gasteiger partial charge >= 0.3 is 0 Å². The van der Waals surface area contributed by atoms with E-state index in [0.717, 1.165) is 17.1 Å². The maximum Gasteiger partial charge on any atom is 0.166 e. The lowest BCUT2D eigenvalue weighted by atomic mass is 10.1. The maximum absolute atomic E-state index is 6.20. The van der Waals surface area contributed by atoms with Crippen LogP contribution in [0.5, 0.6) is 11.5 Å². The minimum atomic E-state index is 0.251. The standard InChI is InChI=1S/C24H27NO2/c1-18-10-7-8-13-22(18)17-27-24-21(14-9-15-23(24)26-3)16-25-19(2)20-11-5-4-6-12-20/h4-15,19,25H,16-17H2,1-3H3/t19-/m1/s1. The Labute approximate surface area is 162 Å². The van der Waals surface area contributed by atoms with E-state index in [9.17, 15) is 0 Å². The van der Waals surface area contributed by atoms with Crippen LogP contribution in [0.2, 0.25) is 0 Å². The molecular weight excluding hydrogens is 334 g/mol. The second-order valence-electron chi connectivity index (χ2n) is 6.68. The van der Waals surface area contributed by atoms with Gasteiger partial charge in [0.05, 0.1) is 7.11 Å². The van der Waals surface area contributed by atoms with E-state index >= 15 is 0 Å². The number of para-hydroxylation sites is 1. The first-order valence-electron chi connectivity index (χ1n) is 9.30. The average Bonchev–Trinajstić information content (AvgIpc) is 2.72. The van der Waals surface area contributed by atoms with Gasteiger partial charge in [-0.15, -0.1) is 0 Å². The van der Waals surface area contributed by atoms with Gasteiger partial charge in [-0.05, 0) is 36.6 Å². The number of aryl methyl sites for hydroxylation is 1. The molecule has 3 rings (SSSR count). The first-order valence-corrected chi connectivity index (χ1v) is 9.30. The monoisotopic (exact) mass is 361 g/mol. The molecule has 3 aromatic carbocycles. The molecule has 0 spiro atoms. The Kier molecular flexibility index (Phi) is 6.50. The van der Waals surface area contributed by atoms with Crippen LogP contribution < -0.4 is 14.8 Å². The van der Waals surface area contributed by atoms with E-state index in [-0.39, 0.29) is 6.04 Å². The maximum atomic E-state index is 6.20. The fraction of sp³-hybridized carbons (Fsp3) is 0.250. The lowest BCUT2D eigenvalue weighted by Crippen LogP contribution is -2.18. The highest BCUT2D eigenvalue weighted by Crippen LogP contribution is 2.32. The topological polar surface area (TPSA) is 30.5 Å². The second kappa shape index (κ2) is 9.24. The van der Waals surface area contributed by atoms with Gasteiger partial charge in [-0.2, -0.15) is 0 Å². The molecule has 0 bridgehead atoms. The van der Waals surface area contributed by atoms with Gasteiger partial charge in [-0.1, -0.05) is 66.7 Å². The first kappa shape index (κ1) is 19.0. The summed E-state index contributed by atoms with van der Waals surface area (Å²) >= 11 is 0. The Morgan fingerprint density at radius 1 is 0.852 bits per heavy atom. The summed E-state index contributed by atoms with van der Waals surface area (Å²) < 4.78 is 11.7. The van der Waals surface area contributed by atoms with Crippen LogP contribution >= 0.6 is 0 Å². The fourth-order valence-corrected chi connectivity index (χ4v) is 3.07. The molecule has 0 aromatic heterocycles. The van der Waals surface area contributed by atoms with Crippen LogP contribution in [-0.2, 0) is 13.2 Å². The number of hydrogen-bond donors (Lipinski definition) is 1. The van der Waals surface area contributed by atoms with Gasteiger partial charge in [0.25, 0.3) is 0 Å². The third-order valence-electron chi connectivity index (χ3n) is 4.81. The molecule has 140 valence electrons. The van der Waals surface area contributed by atoms with Gasteiger partial charge in [0, 0.05) is 18.2 Å². The summed E-state index contributed by atoms with van der Waals surface area (Å²) in [6.07, 6.45) is 0. The van der Waals surface area contributed by atoms with Crippen LogP contribution in [0, 0.1) is 6.92 Å². The van der Waals surface area contributed by atoms with Crippen LogP contribution in [0.1, 0.15) is 35.2 Å². The van der Waals surface area contributed by atoms with Crippen LogP contribution in [0.15, 0.2) is 72.8 Å². The van der Waals surface area contributed by atoms with Crippen molar-refractivity contribution in [2.75, 3.05) is 7.11 Å². The lowest BCUT2D eigenvalue weighted by molar-refractivity contribution is 0.279. The molecule has 0 saturated heterocycles. The van der Waals surface area contributed by atoms with Crippen molar-refractivity contribution in [3.05, 3.63) is 95.1 Å². The second-order valence-corrected chi connectivity index (χ2v) is 6.68. The van der Waals surface area contributed by atoms with Crippen molar-refractivity contribution >= 4 is 0 Å². The summed E-state index contributed by atoms with van der Waals surface area (Å²) in [4.78, 5) is 0. The lowest BCUT2D eigenvalue weighted by Gasteiger charge is -2.19. The zero-order valence-electron chi connectivity index (χ0n) is 16.2. The van der Waals surface area contributed by atoms with Gasteiger partial charge in [0.15, 0.2) is 11.5 Å². The summed E-state index contributed by atoms with van der Waals surface area (Å²) in [5, 5.41) is 3.58. The van der Waals surface area contributed by atoms with E-state index in [0.29, 0.717) is 13.2 Å². The molecule has 0 aliphatic rings. The molecular formula is C24H27NO2. The Morgan fingerprint density at radius 2 is 1.56 bits per heavy atom. The van der Waals surface area contributed by atoms with Gasteiger partial charge in [0.1, 0.15) is 6.61 Å². The zero-order chi connectivity index (χ0) is 19.1. The van der Waals surface area contributed by atoms with E-state index in [1.54, 1.807) is 7.11 Å². The predicted octanol–water partition coefficient (Wildman–Crippen LogP) is 5.43. The molecule has 0 heterocycles. The van der Waals surface area contributed by atoms with Crippen molar-refractivity contribution < 1.29 is 9.47 Å². The summed E-state index contributed by atoms with van der Waals surface area (Å²) in [5.74, 6) is 1.56. The fourth-order valence-electron chi connectivity index (χ4n) is 3.07. The Morgan fingerprint density at radius 3 is 2.30 bits per heavy atom.